The minimum absolute atomic E-state index is 0.508. The third-order valence-electron chi connectivity index (χ3n) is 2.68. The summed E-state index contributed by atoms with van der Waals surface area (Å²) in [5.74, 6) is 0. The number of nitriles is 2. The van der Waals surface area contributed by atoms with Crippen LogP contribution in [0.2, 0.25) is 0 Å². The highest BCUT2D eigenvalue weighted by molar-refractivity contribution is 9.10. The van der Waals surface area contributed by atoms with Gasteiger partial charge in [-0.05, 0) is 47.0 Å². The van der Waals surface area contributed by atoms with Crippen molar-refractivity contribution in [3.8, 4) is 12.1 Å². The number of benzene rings is 1. The lowest BCUT2D eigenvalue weighted by atomic mass is 9.81. The first kappa shape index (κ1) is 11.8. The van der Waals surface area contributed by atoms with Gasteiger partial charge in [-0.15, -0.1) is 0 Å². The molecule has 0 N–H and O–H groups in total. The monoisotopic (exact) mass is 262 g/mol. The van der Waals surface area contributed by atoms with Gasteiger partial charge in [0.1, 0.15) is 6.07 Å². The van der Waals surface area contributed by atoms with Gasteiger partial charge < -0.3 is 0 Å². The quantitative estimate of drug-likeness (QED) is 0.819. The zero-order valence-corrected chi connectivity index (χ0v) is 10.3. The van der Waals surface area contributed by atoms with E-state index in [9.17, 15) is 0 Å². The smallest absolute Gasteiger partial charge is 0.100 e. The average molecular weight is 263 g/mol. The molecule has 1 aromatic carbocycles. The zero-order chi connectivity index (χ0) is 11.5. The molecule has 1 rings (SSSR count). The van der Waals surface area contributed by atoms with Gasteiger partial charge >= 0.3 is 0 Å². The van der Waals surface area contributed by atoms with Gasteiger partial charge in [0.15, 0.2) is 0 Å². The normalized spacial score (nSPS) is 13.7. The summed E-state index contributed by atoms with van der Waals surface area (Å²) in [4.78, 5) is 0. The molecule has 15 heavy (non-hydrogen) atoms. The fourth-order valence-corrected chi connectivity index (χ4v) is 1.64. The third kappa shape index (κ3) is 2.19. The van der Waals surface area contributed by atoms with Gasteiger partial charge in [-0.25, -0.2) is 0 Å². The lowest BCUT2D eigenvalue weighted by Crippen LogP contribution is -2.18. The Balaban J connectivity index is 3.30. The number of halogens is 1. The van der Waals surface area contributed by atoms with Crippen molar-refractivity contribution in [3.05, 3.63) is 33.8 Å². The summed E-state index contributed by atoms with van der Waals surface area (Å²) in [5.41, 5.74) is 0.960. The highest BCUT2D eigenvalue weighted by Gasteiger charge is 2.24. The van der Waals surface area contributed by atoms with Crippen molar-refractivity contribution in [2.24, 2.45) is 0 Å². The van der Waals surface area contributed by atoms with Crippen molar-refractivity contribution in [1.82, 2.24) is 0 Å². The van der Waals surface area contributed by atoms with Crippen molar-refractivity contribution in [1.29, 1.82) is 10.5 Å². The topological polar surface area (TPSA) is 47.6 Å². The molecular formula is C12H11BrN2. The van der Waals surface area contributed by atoms with Crippen LogP contribution in [0.4, 0.5) is 0 Å². The average Bonchev–Trinajstić information content (AvgIpc) is 2.28. The molecule has 0 saturated carbocycles. The van der Waals surface area contributed by atoms with Crippen LogP contribution in [0.15, 0.2) is 22.7 Å². The second kappa shape index (κ2) is 4.47. The minimum Gasteiger partial charge on any atom is -0.197 e. The molecule has 0 aliphatic rings. The zero-order valence-electron chi connectivity index (χ0n) is 8.71. The highest BCUT2D eigenvalue weighted by Crippen LogP contribution is 2.29. The highest BCUT2D eigenvalue weighted by atomic mass is 79.9. The Labute approximate surface area is 98.3 Å². The SMILES string of the molecule is CCC(C)(C#N)c1ccc(Br)c(C#N)c1. The summed E-state index contributed by atoms with van der Waals surface area (Å²) in [6, 6.07) is 9.87. The van der Waals surface area contributed by atoms with E-state index in [4.69, 9.17) is 10.5 Å². The summed E-state index contributed by atoms with van der Waals surface area (Å²) >= 11 is 3.30. The molecule has 0 fully saturated rings. The predicted octanol–water partition coefficient (Wildman–Crippen LogP) is 3.51. The van der Waals surface area contributed by atoms with E-state index in [2.05, 4.69) is 28.1 Å². The van der Waals surface area contributed by atoms with Crippen LogP contribution >= 0.6 is 15.9 Å². The molecule has 0 bridgehead atoms. The number of hydrogen-bond acceptors (Lipinski definition) is 2. The van der Waals surface area contributed by atoms with Gasteiger partial charge in [0, 0.05) is 4.47 Å². The predicted molar refractivity (Wildman–Crippen MR) is 62.1 cm³/mol. The fourth-order valence-electron chi connectivity index (χ4n) is 1.30. The lowest BCUT2D eigenvalue weighted by Gasteiger charge is -2.20. The van der Waals surface area contributed by atoms with Crippen LogP contribution in [-0.2, 0) is 5.41 Å². The summed E-state index contributed by atoms with van der Waals surface area (Å²) < 4.78 is 0.769. The van der Waals surface area contributed by atoms with E-state index in [-0.39, 0.29) is 0 Å². The Hall–Kier alpha value is -1.32. The molecule has 1 unspecified atom stereocenters. The van der Waals surface area contributed by atoms with Crippen LogP contribution in [0.3, 0.4) is 0 Å². The summed E-state index contributed by atoms with van der Waals surface area (Å²) in [5, 5.41) is 18.0. The van der Waals surface area contributed by atoms with Crippen LogP contribution in [0.1, 0.15) is 31.4 Å². The van der Waals surface area contributed by atoms with Crippen LogP contribution in [0.5, 0.6) is 0 Å². The maximum atomic E-state index is 9.13. The van der Waals surface area contributed by atoms with Gasteiger partial charge in [0.2, 0.25) is 0 Å². The molecule has 0 radical (unpaired) electrons. The van der Waals surface area contributed by atoms with Gasteiger partial charge in [-0.3, -0.25) is 0 Å². The van der Waals surface area contributed by atoms with Crippen LogP contribution in [-0.4, -0.2) is 0 Å². The summed E-state index contributed by atoms with van der Waals surface area (Å²) in [6.45, 7) is 3.86. The Morgan fingerprint density at radius 3 is 2.53 bits per heavy atom. The molecule has 0 heterocycles. The van der Waals surface area contributed by atoms with Crippen molar-refractivity contribution in [3.63, 3.8) is 0 Å². The van der Waals surface area contributed by atoms with Crippen LogP contribution in [0, 0.1) is 22.7 Å². The number of hydrogen-bond donors (Lipinski definition) is 0. The van der Waals surface area contributed by atoms with Gasteiger partial charge in [0.25, 0.3) is 0 Å². The van der Waals surface area contributed by atoms with Crippen LogP contribution < -0.4 is 0 Å². The third-order valence-corrected chi connectivity index (χ3v) is 3.37. The molecule has 0 saturated heterocycles. The first-order chi connectivity index (χ1) is 7.07. The number of nitrogens with zero attached hydrogens (tertiary/aromatic N) is 2. The first-order valence-electron chi connectivity index (χ1n) is 4.68. The Kier molecular flexibility index (Phi) is 3.50. The molecule has 1 aromatic rings. The summed E-state index contributed by atoms with van der Waals surface area (Å²) in [6.07, 6.45) is 0.732. The molecule has 0 aliphatic carbocycles. The molecular weight excluding hydrogens is 252 g/mol. The van der Waals surface area contributed by atoms with E-state index in [0.717, 1.165) is 16.5 Å². The summed E-state index contributed by atoms with van der Waals surface area (Å²) in [7, 11) is 0. The van der Waals surface area contributed by atoms with E-state index in [1.165, 1.54) is 0 Å². The Bertz CT molecular complexity index is 454. The van der Waals surface area contributed by atoms with Crippen LogP contribution in [0.25, 0.3) is 0 Å². The fraction of sp³-hybridized carbons (Fsp3) is 0.333. The molecule has 0 aliphatic heterocycles. The van der Waals surface area contributed by atoms with Crippen molar-refractivity contribution < 1.29 is 0 Å². The van der Waals surface area contributed by atoms with Gasteiger partial charge in [-0.1, -0.05) is 13.0 Å². The molecule has 3 heteroatoms. The Morgan fingerprint density at radius 1 is 1.40 bits per heavy atom. The van der Waals surface area contributed by atoms with Crippen molar-refractivity contribution in [2.45, 2.75) is 25.7 Å². The molecule has 2 nitrogen and oxygen atoms in total. The molecule has 0 amide bonds. The van der Waals surface area contributed by atoms with E-state index >= 15 is 0 Å². The second-order valence-corrected chi connectivity index (χ2v) is 4.46. The standard InChI is InChI=1S/C12H11BrN2/c1-3-12(2,8-15)10-4-5-11(13)9(6-10)7-14/h4-6H,3H2,1-2H3. The van der Waals surface area contributed by atoms with E-state index in [1.54, 1.807) is 6.07 Å². The molecule has 0 aromatic heterocycles. The maximum absolute atomic E-state index is 9.13. The van der Waals surface area contributed by atoms with E-state index < -0.39 is 5.41 Å². The molecule has 1 atom stereocenters. The minimum atomic E-state index is -0.508. The van der Waals surface area contributed by atoms with Crippen molar-refractivity contribution >= 4 is 15.9 Å². The van der Waals surface area contributed by atoms with E-state index in [0.29, 0.717) is 5.56 Å². The van der Waals surface area contributed by atoms with Gasteiger partial charge in [0.05, 0.1) is 17.0 Å². The largest absolute Gasteiger partial charge is 0.197 e. The molecule has 0 spiro atoms. The molecule has 76 valence electrons. The van der Waals surface area contributed by atoms with Crippen molar-refractivity contribution in [2.75, 3.05) is 0 Å². The van der Waals surface area contributed by atoms with E-state index in [1.807, 2.05) is 26.0 Å². The Morgan fingerprint density at radius 2 is 2.07 bits per heavy atom. The second-order valence-electron chi connectivity index (χ2n) is 3.60. The lowest BCUT2D eigenvalue weighted by molar-refractivity contribution is 0.587. The maximum Gasteiger partial charge on any atom is 0.100 e. The number of rotatable bonds is 2. The first-order valence-corrected chi connectivity index (χ1v) is 5.48. The van der Waals surface area contributed by atoms with Gasteiger partial charge in [-0.2, -0.15) is 10.5 Å².